The van der Waals surface area contributed by atoms with Crippen molar-refractivity contribution in [1.29, 1.82) is 0 Å². The summed E-state index contributed by atoms with van der Waals surface area (Å²) in [5, 5.41) is 0.0516. The molecule has 2 aromatic carbocycles. The lowest BCUT2D eigenvalue weighted by Gasteiger charge is -2.21. The Labute approximate surface area is 207 Å². The second-order valence-electron chi connectivity index (χ2n) is 7.34. The van der Waals surface area contributed by atoms with Crippen LogP contribution in [0, 0.1) is 0 Å². The van der Waals surface area contributed by atoms with Crippen molar-refractivity contribution >= 4 is 33.2 Å². The van der Waals surface area contributed by atoms with Crippen LogP contribution in [0.15, 0.2) is 93.4 Å². The zero-order chi connectivity index (χ0) is 25.0. The molecule has 8 nitrogen and oxygen atoms in total. The molecule has 1 amide bonds. The summed E-state index contributed by atoms with van der Waals surface area (Å²) in [4.78, 5) is 19.1. The van der Waals surface area contributed by atoms with Gasteiger partial charge in [0.05, 0.1) is 25.7 Å². The molecule has 180 valence electrons. The van der Waals surface area contributed by atoms with Crippen molar-refractivity contribution in [1.82, 2.24) is 4.98 Å². The maximum absolute atomic E-state index is 13.5. The van der Waals surface area contributed by atoms with Crippen LogP contribution in [0.3, 0.4) is 0 Å². The molecular weight excluding hydrogens is 492 g/mol. The molecule has 2 aromatic heterocycles. The number of sulfone groups is 1. The number of nitrogens with zero attached hydrogens (tertiary/aromatic N) is 2. The van der Waals surface area contributed by atoms with Crippen LogP contribution in [0.25, 0.3) is 0 Å². The van der Waals surface area contributed by atoms with E-state index in [0.29, 0.717) is 22.3 Å². The lowest BCUT2D eigenvalue weighted by molar-refractivity contribution is 0.0952. The highest BCUT2D eigenvalue weighted by atomic mass is 35.5. The number of ether oxygens (including phenoxy) is 2. The summed E-state index contributed by atoms with van der Waals surface area (Å²) in [5.74, 6) is 0.716. The number of carbonyl (C=O) groups is 1. The number of anilines is 1. The first-order valence-corrected chi connectivity index (χ1v) is 12.2. The molecule has 10 heteroatoms. The molecule has 4 rings (SSSR count). The SMILES string of the molecule is COc1ccc(CN(C(=O)c2ccc(S(=O)(=O)c3ccc(Cl)cc3)o2)c2ccccn2)cc1OC. The molecule has 35 heavy (non-hydrogen) atoms. The van der Waals surface area contributed by atoms with Gasteiger partial charge in [-0.1, -0.05) is 23.7 Å². The minimum atomic E-state index is -3.98. The van der Waals surface area contributed by atoms with E-state index in [1.165, 1.54) is 55.5 Å². The van der Waals surface area contributed by atoms with Gasteiger partial charge < -0.3 is 13.9 Å². The molecule has 0 aliphatic rings. The minimum absolute atomic E-state index is 0.00200. The topological polar surface area (TPSA) is 98.9 Å². The normalized spacial score (nSPS) is 11.2. The summed E-state index contributed by atoms with van der Waals surface area (Å²) >= 11 is 5.86. The highest BCUT2D eigenvalue weighted by Crippen LogP contribution is 2.30. The van der Waals surface area contributed by atoms with Gasteiger partial charge in [0.25, 0.3) is 5.91 Å². The quantitative estimate of drug-likeness (QED) is 0.326. The number of amides is 1. The summed E-state index contributed by atoms with van der Waals surface area (Å²) in [7, 11) is -0.918. The minimum Gasteiger partial charge on any atom is -0.493 e. The van der Waals surface area contributed by atoms with Crippen molar-refractivity contribution in [3.05, 3.63) is 95.3 Å². The molecular formula is C25H21ClN2O6S. The fraction of sp³-hybridized carbons (Fsp3) is 0.120. The second-order valence-corrected chi connectivity index (χ2v) is 9.66. The van der Waals surface area contributed by atoms with E-state index in [9.17, 15) is 13.2 Å². The first-order chi connectivity index (χ1) is 16.8. The molecule has 0 atom stereocenters. The summed E-state index contributed by atoms with van der Waals surface area (Å²) < 4.78 is 42.1. The van der Waals surface area contributed by atoms with Gasteiger partial charge in [-0.2, -0.15) is 0 Å². The number of carbonyl (C=O) groups excluding carboxylic acids is 1. The van der Waals surface area contributed by atoms with Gasteiger partial charge in [-0.25, -0.2) is 13.4 Å². The number of hydrogen-bond acceptors (Lipinski definition) is 7. The van der Waals surface area contributed by atoms with Gasteiger partial charge in [-0.3, -0.25) is 9.69 Å². The van der Waals surface area contributed by atoms with E-state index in [0.717, 1.165) is 5.56 Å². The van der Waals surface area contributed by atoms with Gasteiger partial charge >= 0.3 is 0 Å². The Kier molecular flexibility index (Phi) is 7.09. The number of furan rings is 1. The molecule has 0 N–H and O–H groups in total. The molecule has 0 saturated carbocycles. The Hall–Kier alpha value is -3.82. The molecule has 0 saturated heterocycles. The van der Waals surface area contributed by atoms with Crippen LogP contribution in [0.5, 0.6) is 11.5 Å². The maximum Gasteiger partial charge on any atom is 0.295 e. The summed E-state index contributed by atoms with van der Waals surface area (Å²) in [6.07, 6.45) is 1.56. The first-order valence-electron chi connectivity index (χ1n) is 10.4. The maximum atomic E-state index is 13.5. The summed E-state index contributed by atoms with van der Waals surface area (Å²) in [6, 6.07) is 18.7. The van der Waals surface area contributed by atoms with Crippen LogP contribution < -0.4 is 14.4 Å². The van der Waals surface area contributed by atoms with Crippen LogP contribution >= 0.6 is 11.6 Å². The van der Waals surface area contributed by atoms with E-state index in [1.807, 2.05) is 0 Å². The Balaban J connectivity index is 1.67. The van der Waals surface area contributed by atoms with E-state index in [2.05, 4.69) is 4.98 Å². The first kappa shape index (κ1) is 24.3. The number of pyridine rings is 1. The largest absolute Gasteiger partial charge is 0.493 e. The fourth-order valence-corrected chi connectivity index (χ4v) is 4.67. The lowest BCUT2D eigenvalue weighted by Crippen LogP contribution is -2.30. The zero-order valence-corrected chi connectivity index (χ0v) is 20.4. The molecule has 4 aromatic rings. The molecule has 0 aliphatic heterocycles. The van der Waals surface area contributed by atoms with Gasteiger partial charge in [-0.15, -0.1) is 0 Å². The van der Waals surface area contributed by atoms with Crippen LogP contribution in [0.2, 0.25) is 5.02 Å². The molecule has 0 fully saturated rings. The van der Waals surface area contributed by atoms with Crippen LogP contribution in [-0.4, -0.2) is 33.5 Å². The monoisotopic (exact) mass is 512 g/mol. The predicted molar refractivity (Wildman–Crippen MR) is 130 cm³/mol. The third kappa shape index (κ3) is 5.16. The lowest BCUT2D eigenvalue weighted by atomic mass is 10.1. The van der Waals surface area contributed by atoms with E-state index in [4.69, 9.17) is 25.5 Å². The molecule has 2 heterocycles. The molecule has 0 bridgehead atoms. The highest BCUT2D eigenvalue weighted by molar-refractivity contribution is 7.91. The van der Waals surface area contributed by atoms with Crippen LogP contribution in [0.4, 0.5) is 5.82 Å². The second kappa shape index (κ2) is 10.2. The number of benzene rings is 2. The average Bonchev–Trinajstić information content (AvgIpc) is 3.39. The van der Waals surface area contributed by atoms with Gasteiger partial charge in [0.1, 0.15) is 5.82 Å². The van der Waals surface area contributed by atoms with Gasteiger partial charge in [0.2, 0.25) is 14.9 Å². The number of aromatic nitrogens is 1. The van der Waals surface area contributed by atoms with Crippen molar-refractivity contribution in [2.45, 2.75) is 16.5 Å². The Bertz CT molecular complexity index is 1440. The Morgan fingerprint density at radius 1 is 0.971 bits per heavy atom. The summed E-state index contributed by atoms with van der Waals surface area (Å²) in [5.41, 5.74) is 0.738. The van der Waals surface area contributed by atoms with Gasteiger partial charge in [-0.05, 0) is 66.2 Å². The fourth-order valence-electron chi connectivity index (χ4n) is 3.37. The molecule has 0 radical (unpaired) electrons. The smallest absolute Gasteiger partial charge is 0.295 e. The van der Waals surface area contributed by atoms with E-state index in [1.54, 1.807) is 42.6 Å². The third-order valence-corrected chi connectivity index (χ3v) is 7.03. The highest BCUT2D eigenvalue weighted by Gasteiger charge is 2.27. The molecule has 0 unspecified atom stereocenters. The zero-order valence-electron chi connectivity index (χ0n) is 18.8. The van der Waals surface area contributed by atoms with Crippen molar-refractivity contribution < 1.29 is 27.1 Å². The molecule has 0 aliphatic carbocycles. The number of hydrogen-bond donors (Lipinski definition) is 0. The van der Waals surface area contributed by atoms with E-state index in [-0.39, 0.29) is 22.3 Å². The predicted octanol–water partition coefficient (Wildman–Crippen LogP) is 5.03. The third-order valence-electron chi connectivity index (χ3n) is 5.14. The number of halogens is 1. The standard InChI is InChI=1S/C25H21ClN2O6S/c1-32-20-11-6-17(15-22(20)33-2)16-28(23-5-3-4-14-27-23)25(29)21-12-13-24(34-21)35(30,31)19-9-7-18(26)8-10-19/h3-15H,16H2,1-2H3. The van der Waals surface area contributed by atoms with Crippen molar-refractivity contribution in [3.8, 4) is 11.5 Å². The van der Waals surface area contributed by atoms with Gasteiger partial charge in [0.15, 0.2) is 17.3 Å². The van der Waals surface area contributed by atoms with Crippen molar-refractivity contribution in [2.75, 3.05) is 19.1 Å². The summed E-state index contributed by atoms with van der Waals surface area (Å²) in [6.45, 7) is 0.121. The van der Waals surface area contributed by atoms with E-state index >= 15 is 0 Å². The van der Waals surface area contributed by atoms with Gasteiger partial charge in [0, 0.05) is 11.2 Å². The average molecular weight is 513 g/mol. The van der Waals surface area contributed by atoms with Crippen LogP contribution in [0.1, 0.15) is 16.1 Å². The van der Waals surface area contributed by atoms with Crippen LogP contribution in [-0.2, 0) is 16.4 Å². The number of rotatable bonds is 8. The van der Waals surface area contributed by atoms with Crippen molar-refractivity contribution in [2.24, 2.45) is 0 Å². The molecule has 0 spiro atoms. The number of methoxy groups -OCH3 is 2. The Morgan fingerprint density at radius 3 is 2.37 bits per heavy atom. The van der Waals surface area contributed by atoms with Crippen molar-refractivity contribution in [3.63, 3.8) is 0 Å². The van der Waals surface area contributed by atoms with E-state index < -0.39 is 15.7 Å². The Morgan fingerprint density at radius 2 is 1.71 bits per heavy atom.